The number of nitrogens with zero attached hydrogens (tertiary/aromatic N) is 18. The van der Waals surface area contributed by atoms with Crippen LogP contribution >= 0.6 is 68.0 Å². The minimum absolute atomic E-state index is 0.809. The lowest BCUT2D eigenvalue weighted by Crippen LogP contribution is -2.01. The number of hydrazone groups is 6. The van der Waals surface area contributed by atoms with Crippen LogP contribution in [0.2, 0.25) is 0 Å². The van der Waals surface area contributed by atoms with E-state index in [0.29, 0.717) is 0 Å². The van der Waals surface area contributed by atoms with Gasteiger partial charge in [0.2, 0.25) is 0 Å². The zero-order valence-corrected chi connectivity index (χ0v) is 85.6. The van der Waals surface area contributed by atoms with Gasteiger partial charge < -0.3 is 0 Å². The highest BCUT2D eigenvalue weighted by atomic mass is 32.1. The number of hydrogen-bond acceptors (Lipinski definition) is 30. The van der Waals surface area contributed by atoms with Gasteiger partial charge in [-0.05, 0) is 268 Å². The highest BCUT2D eigenvalue weighted by Gasteiger charge is 2.27. The number of nitrogens with one attached hydrogen (secondary N) is 6. The average Bonchev–Trinajstić information content (AvgIpc) is 1.65. The van der Waals surface area contributed by atoms with Crippen molar-refractivity contribution < 1.29 is 0 Å². The quantitative estimate of drug-likeness (QED) is 0.0305. The van der Waals surface area contributed by atoms with E-state index < -0.39 is 0 Å². The number of thiophene rings is 6. The van der Waals surface area contributed by atoms with Crippen LogP contribution in [-0.4, -0.2) is 97.1 Å². The average molecular weight is 2020 g/mol. The Morgan fingerprint density at radius 2 is 0.559 bits per heavy atom. The van der Waals surface area contributed by atoms with E-state index in [2.05, 4.69) is 282 Å². The number of allylic oxidation sites excluding steroid dienone is 1. The molecule has 12 heterocycles. The summed E-state index contributed by atoms with van der Waals surface area (Å²) in [6.07, 6.45) is 54.5. The fourth-order valence-electron chi connectivity index (χ4n) is 19.4. The molecule has 30 heteroatoms. The molecule has 0 aliphatic heterocycles. The standard InChI is InChI=1S/2C21H18N4S.C19H20N4S.C19H18N4S.C18H18N4S.C17H16N4S/c1-2-9-16-14(6-1)7-5-8-15(16)12-24-25-20-19-17-10-3-4-11-18(17)26-21(19)23-13-22-20;1-2-6-16-11-14(9-10-15(16)5-1)12-24-25-20-19-17-7-3-4-8-18(17)26-21(19)23-13-22-20;1-2-13-7-9-14(10-8-13)11-22-23-18-17-15-5-3-4-6-16(15)24-19(17)21-12-20-18;1-2-7-14(8-3-1)9-6-12-22-23-18-17-15-10-4-5-11-16(15)24-19(17)21-13-20-18;1-12-6-8-13(9-7-12)10-21-22-17-16-14-4-2-3-5-15(14)23-18(16)20-11-19-17;1-2-6-12(7-3-1)10-20-21-16-15-13-8-4-5-9-14(13)22-17(15)19-11-18-16/h1-2,5-9,12-13H,3-4,10-11H2,(H,22,23,25);1-2,5-6,9-13H,3-4,7-8H2,(H,22,23,25);7-12H,2-6H2,1H3,(H,20,21,23);1-3,6-9,12-13H,4-5,10-11H2,(H,20,21,23);6-11H,2-5H2,1H3,(H,19,20,22);1-3,6-7,10-11H,4-5,8-9H2,(H,18,19,21)/b2*24-12-;22-11-;9-6+,22-12-;21-10-;20-10-. The molecule has 6 aliphatic carbocycles. The van der Waals surface area contributed by atoms with Gasteiger partial charge in [0.1, 0.15) is 66.9 Å². The monoisotopic (exact) mass is 2020 g/mol. The molecule has 0 bridgehead atoms. The second kappa shape index (κ2) is 47.1. The second-order valence-electron chi connectivity index (χ2n) is 36.3. The number of aryl methyl sites for hydroxylation is 14. The lowest BCUT2D eigenvalue weighted by atomic mass is 9.97. The summed E-state index contributed by atoms with van der Waals surface area (Å²) in [5, 5.41) is 38.1. The maximum absolute atomic E-state index is 4.48. The lowest BCUT2D eigenvalue weighted by Gasteiger charge is -2.11. The maximum atomic E-state index is 4.48. The van der Waals surface area contributed by atoms with E-state index in [-0.39, 0.29) is 0 Å². The highest BCUT2D eigenvalue weighted by Crippen LogP contribution is 2.45. The van der Waals surface area contributed by atoms with Gasteiger partial charge in [0, 0.05) is 41.0 Å². The Hall–Kier alpha value is -14.9. The predicted molar refractivity (Wildman–Crippen MR) is 609 cm³/mol. The van der Waals surface area contributed by atoms with Crippen molar-refractivity contribution in [3.05, 3.63) is 345 Å². The predicted octanol–water partition coefficient (Wildman–Crippen LogP) is 27.9. The van der Waals surface area contributed by atoms with Gasteiger partial charge in [-0.25, -0.2) is 59.8 Å². The lowest BCUT2D eigenvalue weighted by molar-refractivity contribution is 0.700. The Kier molecular flexibility index (Phi) is 31.2. The summed E-state index contributed by atoms with van der Waals surface area (Å²) in [5.74, 6) is 4.89. The van der Waals surface area contributed by atoms with Crippen molar-refractivity contribution in [2.45, 2.75) is 174 Å². The molecule has 12 aromatic heterocycles. The molecule has 0 saturated heterocycles. The third-order valence-corrected chi connectivity index (χ3v) is 33.9. The van der Waals surface area contributed by atoms with Crippen LogP contribution in [0, 0.1) is 6.92 Å². The summed E-state index contributed by atoms with van der Waals surface area (Å²) in [4.78, 5) is 68.4. The first-order chi connectivity index (χ1) is 71.8. The molecule has 0 amide bonds. The molecule has 0 atom stereocenters. The first-order valence-electron chi connectivity index (χ1n) is 49.9. The summed E-state index contributed by atoms with van der Waals surface area (Å²) < 4.78 is 0. The van der Waals surface area contributed by atoms with Gasteiger partial charge in [-0.2, -0.15) is 30.6 Å². The Bertz CT molecular complexity index is 8170. The molecule has 26 rings (SSSR count). The Morgan fingerprint density at radius 1 is 0.262 bits per heavy atom. The number of fused-ring (bicyclic) bond motifs is 20. The SMILES string of the molecule is C(/C=C/c1ccccc1)=N/Nc1ncnc2sc3c(c12)CCCC3.C(=N/Nc1ncnc2sc3c(c12)CCCC3)/c1ccc2ccccc2c1.C(=N/Nc1ncnc2sc3c(c12)CCCC3)/c1cccc2ccccc12.C(=N/Nc1ncnc2sc3c(c12)CCCC3)/c1ccccc1.CCc1ccc(/C=N\Nc2ncnc3sc4c(c23)CCCC4)cc1.Cc1ccc(/C=N\Nc2ncnc3sc4c(c23)CCCC4)cc1. The van der Waals surface area contributed by atoms with E-state index in [9.17, 15) is 0 Å². The largest absolute Gasteiger partial charge is 0.261 e. The molecule has 724 valence electrons. The number of rotatable bonds is 20. The molecule has 20 aromatic rings. The van der Waals surface area contributed by atoms with Gasteiger partial charge in [-0.1, -0.05) is 207 Å². The van der Waals surface area contributed by atoms with Crippen LogP contribution in [0.4, 0.5) is 34.9 Å². The van der Waals surface area contributed by atoms with Crippen molar-refractivity contribution in [3.8, 4) is 0 Å². The van der Waals surface area contributed by atoms with Gasteiger partial charge >= 0.3 is 0 Å². The van der Waals surface area contributed by atoms with Crippen LogP contribution < -0.4 is 32.6 Å². The molecule has 0 radical (unpaired) electrons. The first-order valence-corrected chi connectivity index (χ1v) is 54.8. The van der Waals surface area contributed by atoms with Crippen LogP contribution in [0.1, 0.15) is 191 Å². The van der Waals surface area contributed by atoms with Crippen LogP contribution in [-0.2, 0) is 83.5 Å². The number of aromatic nitrogens is 12. The van der Waals surface area contributed by atoms with Crippen molar-refractivity contribution in [3.63, 3.8) is 0 Å². The van der Waals surface area contributed by atoms with Crippen LogP contribution in [0.25, 0.3) is 88.9 Å². The molecule has 145 heavy (non-hydrogen) atoms. The zero-order chi connectivity index (χ0) is 97.7. The smallest absolute Gasteiger partial charge is 0.158 e. The number of hydrogen-bond donors (Lipinski definition) is 6. The van der Waals surface area contributed by atoms with Crippen molar-refractivity contribution in [1.29, 1.82) is 0 Å². The summed E-state index contributed by atoms with van der Waals surface area (Å²) in [6.45, 7) is 4.24. The first kappa shape index (κ1) is 96.2. The normalized spacial score (nSPS) is 14.3. The summed E-state index contributed by atoms with van der Waals surface area (Å²) in [7, 11) is 0. The van der Waals surface area contributed by atoms with E-state index in [1.807, 2.05) is 91.8 Å². The molecular formula is C115H108N24S6. The Labute approximate surface area is 865 Å². The van der Waals surface area contributed by atoms with E-state index in [1.54, 1.807) is 112 Å². The van der Waals surface area contributed by atoms with E-state index >= 15 is 0 Å². The Morgan fingerprint density at radius 3 is 0.938 bits per heavy atom. The highest BCUT2D eigenvalue weighted by molar-refractivity contribution is 7.20. The van der Waals surface area contributed by atoms with Gasteiger partial charge in [0.05, 0.1) is 63.4 Å². The fraction of sp³-hybridized carbons (Fsp3) is 0.235. The molecule has 6 N–H and O–H groups in total. The molecule has 8 aromatic carbocycles. The summed E-state index contributed by atoms with van der Waals surface area (Å²) in [5.41, 5.74) is 36.3. The number of benzene rings is 8. The second-order valence-corrected chi connectivity index (χ2v) is 42.8. The van der Waals surface area contributed by atoms with Crippen molar-refractivity contribution in [2.75, 3.05) is 32.6 Å². The molecule has 0 unspecified atom stereocenters. The van der Waals surface area contributed by atoms with E-state index in [1.165, 1.54) is 198 Å². The summed E-state index contributed by atoms with van der Waals surface area (Å²) >= 11 is 10.8. The fourth-order valence-corrected chi connectivity index (χ4v) is 26.8. The molecule has 0 saturated carbocycles. The molecule has 6 aliphatic rings. The maximum Gasteiger partial charge on any atom is 0.158 e. The van der Waals surface area contributed by atoms with Crippen LogP contribution in [0.3, 0.4) is 0 Å². The minimum atomic E-state index is 0.809. The van der Waals surface area contributed by atoms with Gasteiger partial charge in [0.25, 0.3) is 0 Å². The molecule has 24 nitrogen and oxygen atoms in total. The van der Waals surface area contributed by atoms with E-state index in [4.69, 9.17) is 0 Å². The van der Waals surface area contributed by atoms with Crippen LogP contribution in [0.5, 0.6) is 0 Å². The molecule has 0 fully saturated rings. The third-order valence-electron chi connectivity index (χ3n) is 26.7. The minimum Gasteiger partial charge on any atom is -0.261 e. The van der Waals surface area contributed by atoms with Gasteiger partial charge in [0.15, 0.2) is 34.9 Å². The van der Waals surface area contributed by atoms with Crippen molar-refractivity contribution in [2.24, 2.45) is 30.6 Å². The Balaban J connectivity index is 0.000000103. The van der Waals surface area contributed by atoms with Gasteiger partial charge in [-0.3, -0.25) is 32.6 Å². The zero-order valence-electron chi connectivity index (χ0n) is 80.7. The number of anilines is 6. The van der Waals surface area contributed by atoms with Gasteiger partial charge in [-0.15, -0.1) is 68.0 Å². The van der Waals surface area contributed by atoms with Crippen molar-refractivity contribution in [1.82, 2.24) is 59.8 Å². The van der Waals surface area contributed by atoms with E-state index in [0.717, 1.165) is 187 Å². The molecular weight excluding hydrogens is 1910 g/mol. The van der Waals surface area contributed by atoms with Crippen LogP contribution in [0.15, 0.2) is 269 Å². The third kappa shape index (κ3) is 23.1. The van der Waals surface area contributed by atoms with Crippen molar-refractivity contribution >= 4 is 229 Å². The molecule has 0 spiro atoms. The summed E-state index contributed by atoms with van der Waals surface area (Å²) in [6, 6.07) is 66.2. The topological polar surface area (TPSA) is 301 Å².